The van der Waals surface area contributed by atoms with E-state index in [1.807, 2.05) is 36.3 Å². The highest BCUT2D eigenvalue weighted by Crippen LogP contribution is 2.43. The van der Waals surface area contributed by atoms with Gasteiger partial charge in [0.1, 0.15) is 0 Å². The molecule has 0 fully saturated rings. The Morgan fingerprint density at radius 2 is 1.52 bits per heavy atom. The molecule has 3 nitrogen and oxygen atoms in total. The standard InChI is InChI=1S/C20H17N3/c1-22-15-23(19-13-6-5-12-18(19)22)20(16-9-3-2-4-10-16)17-11-7-8-14-21-17/h2-14,20H,1H3/t20-/m0/s1. The van der Waals surface area contributed by atoms with Gasteiger partial charge in [-0.3, -0.25) is 4.98 Å². The molecule has 3 heteroatoms. The zero-order valence-electron chi connectivity index (χ0n) is 12.9. The second-order valence-corrected chi connectivity index (χ2v) is 5.59. The van der Waals surface area contributed by atoms with Gasteiger partial charge in [-0.05, 0) is 29.8 Å². The summed E-state index contributed by atoms with van der Waals surface area (Å²) in [5.41, 5.74) is 4.51. The van der Waals surface area contributed by atoms with Gasteiger partial charge in [0.15, 0.2) is 0 Å². The molecule has 0 unspecified atom stereocenters. The fourth-order valence-electron chi connectivity index (χ4n) is 3.04. The Morgan fingerprint density at radius 3 is 2.26 bits per heavy atom. The van der Waals surface area contributed by atoms with Crippen LogP contribution in [0.3, 0.4) is 0 Å². The van der Waals surface area contributed by atoms with Crippen molar-refractivity contribution in [3.05, 3.63) is 96.9 Å². The fraction of sp³-hybridized carbons (Fsp3) is 0.100. The molecule has 1 atom stereocenters. The molecule has 2 radical (unpaired) electrons. The molecule has 0 bridgehead atoms. The van der Waals surface area contributed by atoms with E-state index in [4.69, 9.17) is 0 Å². The maximum Gasteiger partial charge on any atom is 0.209 e. The number of fused-ring (bicyclic) bond motifs is 1. The second kappa shape index (κ2) is 5.76. The number of anilines is 2. The molecule has 3 aromatic rings. The van der Waals surface area contributed by atoms with Crippen LogP contribution < -0.4 is 9.80 Å². The smallest absolute Gasteiger partial charge is 0.209 e. The van der Waals surface area contributed by atoms with E-state index in [-0.39, 0.29) is 6.04 Å². The van der Waals surface area contributed by atoms with Crippen LogP contribution in [0.2, 0.25) is 0 Å². The van der Waals surface area contributed by atoms with E-state index in [9.17, 15) is 0 Å². The van der Waals surface area contributed by atoms with E-state index in [0.29, 0.717) is 0 Å². The van der Waals surface area contributed by atoms with Crippen molar-refractivity contribution < 1.29 is 0 Å². The summed E-state index contributed by atoms with van der Waals surface area (Å²) in [6.45, 7) is 3.44. The highest BCUT2D eigenvalue weighted by Gasteiger charge is 2.32. The molecule has 1 aliphatic rings. The lowest BCUT2D eigenvalue weighted by molar-refractivity contribution is 0.753. The fourth-order valence-corrected chi connectivity index (χ4v) is 3.04. The van der Waals surface area contributed by atoms with Crippen molar-refractivity contribution in [3.63, 3.8) is 0 Å². The van der Waals surface area contributed by atoms with Crippen molar-refractivity contribution in [1.29, 1.82) is 0 Å². The minimum absolute atomic E-state index is 0.00324. The molecular formula is C20H17N3. The van der Waals surface area contributed by atoms with Crippen LogP contribution in [0.25, 0.3) is 0 Å². The lowest BCUT2D eigenvalue weighted by Gasteiger charge is -2.28. The molecule has 0 amide bonds. The van der Waals surface area contributed by atoms with Gasteiger partial charge < -0.3 is 9.80 Å². The van der Waals surface area contributed by atoms with Crippen molar-refractivity contribution in [3.8, 4) is 0 Å². The van der Waals surface area contributed by atoms with Gasteiger partial charge in [-0.1, -0.05) is 48.5 Å². The molecule has 0 N–H and O–H groups in total. The van der Waals surface area contributed by atoms with Gasteiger partial charge in [-0.25, -0.2) is 0 Å². The van der Waals surface area contributed by atoms with Gasteiger partial charge in [-0.2, -0.15) is 0 Å². The van der Waals surface area contributed by atoms with E-state index in [1.165, 1.54) is 5.56 Å². The Balaban J connectivity index is 1.84. The highest BCUT2D eigenvalue weighted by atomic mass is 15.4. The van der Waals surface area contributed by atoms with Gasteiger partial charge in [-0.15, -0.1) is 0 Å². The van der Waals surface area contributed by atoms with Crippen LogP contribution in [-0.2, 0) is 0 Å². The van der Waals surface area contributed by atoms with Gasteiger partial charge >= 0.3 is 0 Å². The number of pyridine rings is 1. The zero-order chi connectivity index (χ0) is 15.6. The number of aromatic nitrogens is 1. The van der Waals surface area contributed by atoms with E-state index < -0.39 is 0 Å². The molecule has 0 saturated heterocycles. The molecule has 0 saturated carbocycles. The molecule has 4 rings (SSSR count). The Morgan fingerprint density at radius 1 is 0.826 bits per heavy atom. The molecule has 112 valence electrons. The SMILES string of the molecule is CN1[C]N([C@@H](c2ccccc2)c2ccccn2)c2ccccc21. The molecule has 0 aliphatic carbocycles. The lowest BCUT2D eigenvalue weighted by atomic mass is 10.0. The van der Waals surface area contributed by atoms with Crippen LogP contribution in [0.1, 0.15) is 17.3 Å². The molecule has 1 aliphatic heterocycles. The first-order chi connectivity index (χ1) is 11.3. The summed E-state index contributed by atoms with van der Waals surface area (Å²) in [6, 6.07) is 24.9. The summed E-state index contributed by atoms with van der Waals surface area (Å²) >= 11 is 0. The maximum absolute atomic E-state index is 4.60. The summed E-state index contributed by atoms with van der Waals surface area (Å²) in [6.07, 6.45) is 1.84. The van der Waals surface area contributed by atoms with Crippen LogP contribution in [0.15, 0.2) is 79.0 Å². The molecule has 0 spiro atoms. The van der Waals surface area contributed by atoms with Crippen molar-refractivity contribution in [2.24, 2.45) is 0 Å². The third-order valence-electron chi connectivity index (χ3n) is 4.10. The summed E-state index contributed by atoms with van der Waals surface area (Å²) in [4.78, 5) is 8.81. The van der Waals surface area contributed by atoms with Crippen molar-refractivity contribution >= 4 is 11.4 Å². The third-order valence-corrected chi connectivity index (χ3v) is 4.10. The topological polar surface area (TPSA) is 19.4 Å². The minimum atomic E-state index is 0.00324. The Kier molecular flexibility index (Phi) is 3.46. The maximum atomic E-state index is 4.60. The molecule has 23 heavy (non-hydrogen) atoms. The summed E-state index contributed by atoms with van der Waals surface area (Å²) in [7, 11) is 2.03. The second-order valence-electron chi connectivity index (χ2n) is 5.59. The number of rotatable bonds is 3. The van der Waals surface area contributed by atoms with Crippen LogP contribution in [0.4, 0.5) is 11.4 Å². The summed E-state index contributed by atoms with van der Waals surface area (Å²) < 4.78 is 0. The first-order valence-electron chi connectivity index (χ1n) is 7.69. The van der Waals surface area contributed by atoms with E-state index >= 15 is 0 Å². The molecule has 2 aromatic carbocycles. The number of benzene rings is 2. The Bertz CT molecular complexity index is 747. The van der Waals surface area contributed by atoms with Crippen molar-refractivity contribution in [1.82, 2.24) is 4.98 Å². The highest BCUT2D eigenvalue weighted by molar-refractivity contribution is 5.79. The summed E-state index contributed by atoms with van der Waals surface area (Å²) in [5, 5.41) is 0. The van der Waals surface area contributed by atoms with Gasteiger partial charge in [0, 0.05) is 13.2 Å². The van der Waals surface area contributed by atoms with Crippen LogP contribution in [-0.4, -0.2) is 12.0 Å². The lowest BCUT2D eigenvalue weighted by Crippen LogP contribution is -2.28. The number of hydrogen-bond donors (Lipinski definition) is 0. The zero-order valence-corrected chi connectivity index (χ0v) is 12.9. The quantitative estimate of drug-likeness (QED) is 0.725. The summed E-state index contributed by atoms with van der Waals surface area (Å²) in [5.74, 6) is 0. The largest absolute Gasteiger partial charge is 0.343 e. The van der Waals surface area contributed by atoms with Crippen LogP contribution >= 0.6 is 0 Å². The van der Waals surface area contributed by atoms with Crippen molar-refractivity contribution in [2.75, 3.05) is 16.8 Å². The predicted octanol–water partition coefficient (Wildman–Crippen LogP) is 4.12. The van der Waals surface area contributed by atoms with Gasteiger partial charge in [0.2, 0.25) is 6.67 Å². The van der Waals surface area contributed by atoms with Crippen LogP contribution in [0.5, 0.6) is 0 Å². The van der Waals surface area contributed by atoms with E-state index in [1.54, 1.807) is 0 Å². The van der Waals surface area contributed by atoms with Crippen LogP contribution in [0, 0.1) is 6.67 Å². The minimum Gasteiger partial charge on any atom is -0.343 e. The van der Waals surface area contributed by atoms with Gasteiger partial charge in [0.05, 0.1) is 23.1 Å². The average Bonchev–Trinajstić information content (AvgIpc) is 2.94. The average molecular weight is 299 g/mol. The first-order valence-corrected chi connectivity index (χ1v) is 7.69. The monoisotopic (exact) mass is 299 g/mol. The molecule has 2 heterocycles. The third kappa shape index (κ3) is 2.44. The Hall–Kier alpha value is -2.81. The van der Waals surface area contributed by atoms with Crippen molar-refractivity contribution in [2.45, 2.75) is 6.04 Å². The first kappa shape index (κ1) is 13.8. The van der Waals surface area contributed by atoms with Gasteiger partial charge in [0.25, 0.3) is 0 Å². The van der Waals surface area contributed by atoms with E-state index in [2.05, 4.69) is 71.1 Å². The number of nitrogens with zero attached hydrogens (tertiary/aromatic N) is 3. The predicted molar refractivity (Wildman–Crippen MR) is 93.1 cm³/mol. The Labute approximate surface area is 136 Å². The number of hydrogen-bond acceptors (Lipinski definition) is 3. The number of para-hydroxylation sites is 2. The molecule has 1 aromatic heterocycles. The normalized spacial score (nSPS) is 14.7. The molecular weight excluding hydrogens is 282 g/mol. The van der Waals surface area contributed by atoms with E-state index in [0.717, 1.165) is 17.1 Å².